The van der Waals surface area contributed by atoms with Gasteiger partial charge in [-0.3, -0.25) is 9.59 Å². The number of carbonyl (C=O) groups is 2. The number of ketones is 1. The molecule has 0 aromatic carbocycles. The van der Waals surface area contributed by atoms with Gasteiger partial charge in [-0.1, -0.05) is 6.92 Å². The van der Waals surface area contributed by atoms with E-state index >= 15 is 0 Å². The third-order valence-corrected chi connectivity index (χ3v) is 2.46. The van der Waals surface area contributed by atoms with E-state index in [0.717, 1.165) is 18.8 Å². The number of ether oxygens (including phenoxy) is 1. The molecule has 1 aromatic heterocycles. The van der Waals surface area contributed by atoms with Crippen molar-refractivity contribution in [1.29, 1.82) is 0 Å². The number of aryl methyl sites for hydroxylation is 1. The first-order valence-electron chi connectivity index (χ1n) is 5.76. The highest BCUT2D eigenvalue weighted by molar-refractivity contribution is 5.84. The number of Topliss-reactive ketones (excluding diaryl/α,β-unsaturated/α-hetero) is 1. The van der Waals surface area contributed by atoms with E-state index in [1.54, 1.807) is 6.20 Å². The summed E-state index contributed by atoms with van der Waals surface area (Å²) in [4.78, 5) is 26.7. The second-order valence-electron chi connectivity index (χ2n) is 3.83. The van der Waals surface area contributed by atoms with E-state index in [1.807, 2.05) is 10.8 Å². The summed E-state index contributed by atoms with van der Waals surface area (Å²) in [6.45, 7) is 2.93. The van der Waals surface area contributed by atoms with E-state index in [1.165, 1.54) is 7.11 Å². The summed E-state index contributed by atoms with van der Waals surface area (Å²) in [6, 6.07) is 0. The van der Waals surface area contributed by atoms with E-state index in [4.69, 9.17) is 0 Å². The summed E-state index contributed by atoms with van der Waals surface area (Å²) in [5.74, 6) is 0.427. The second kappa shape index (κ2) is 6.83. The Morgan fingerprint density at radius 1 is 1.41 bits per heavy atom. The van der Waals surface area contributed by atoms with Gasteiger partial charge >= 0.3 is 5.97 Å². The van der Waals surface area contributed by atoms with Gasteiger partial charge in [0.15, 0.2) is 0 Å². The van der Waals surface area contributed by atoms with Gasteiger partial charge < -0.3 is 9.30 Å². The average Bonchev–Trinajstić information content (AvgIpc) is 2.74. The Balaban J connectivity index is 2.44. The van der Waals surface area contributed by atoms with Gasteiger partial charge in [-0.25, -0.2) is 4.98 Å². The predicted octanol–water partition coefficient (Wildman–Crippen LogP) is 1.36. The molecule has 0 fully saturated rings. The molecule has 1 aromatic rings. The van der Waals surface area contributed by atoms with Crippen LogP contribution in [0.5, 0.6) is 0 Å². The summed E-state index contributed by atoms with van der Waals surface area (Å²) in [5.41, 5.74) is 0. The summed E-state index contributed by atoms with van der Waals surface area (Å²) >= 11 is 0. The molecule has 0 bridgehead atoms. The zero-order valence-electron chi connectivity index (χ0n) is 10.3. The molecular formula is C12H18N2O3. The van der Waals surface area contributed by atoms with Crippen molar-refractivity contribution >= 4 is 11.8 Å². The third-order valence-electron chi connectivity index (χ3n) is 2.46. The highest BCUT2D eigenvalue weighted by Gasteiger charge is 2.11. The summed E-state index contributed by atoms with van der Waals surface area (Å²) in [5, 5.41) is 0. The monoisotopic (exact) mass is 238 g/mol. The lowest BCUT2D eigenvalue weighted by Crippen LogP contribution is -2.12. The Kier molecular flexibility index (Phi) is 5.39. The van der Waals surface area contributed by atoms with E-state index in [2.05, 4.69) is 16.6 Å². The van der Waals surface area contributed by atoms with Gasteiger partial charge in [-0.05, 0) is 6.42 Å². The lowest BCUT2D eigenvalue weighted by atomic mass is 10.1. The normalized spacial score (nSPS) is 10.2. The van der Waals surface area contributed by atoms with Crippen molar-refractivity contribution in [3.05, 3.63) is 18.2 Å². The van der Waals surface area contributed by atoms with Crippen LogP contribution in [0, 0.1) is 0 Å². The third kappa shape index (κ3) is 4.38. The number of esters is 1. The smallest absolute Gasteiger partial charge is 0.305 e. The highest BCUT2D eigenvalue weighted by Crippen LogP contribution is 2.04. The van der Waals surface area contributed by atoms with Gasteiger partial charge in [0.25, 0.3) is 0 Å². The minimum atomic E-state index is -0.352. The maximum atomic E-state index is 11.6. The van der Waals surface area contributed by atoms with E-state index in [0.29, 0.717) is 0 Å². The van der Waals surface area contributed by atoms with Gasteiger partial charge in [-0.15, -0.1) is 0 Å². The summed E-state index contributed by atoms with van der Waals surface area (Å²) in [7, 11) is 1.32. The van der Waals surface area contributed by atoms with E-state index in [-0.39, 0.29) is 31.0 Å². The molecule has 5 nitrogen and oxygen atoms in total. The van der Waals surface area contributed by atoms with Gasteiger partial charge in [0.05, 0.1) is 20.0 Å². The quantitative estimate of drug-likeness (QED) is 0.673. The first-order chi connectivity index (χ1) is 8.17. The minimum Gasteiger partial charge on any atom is -0.469 e. The molecule has 0 N–H and O–H groups in total. The first kappa shape index (κ1) is 13.4. The molecule has 0 saturated heterocycles. The van der Waals surface area contributed by atoms with Crippen LogP contribution in [-0.2, 0) is 27.3 Å². The van der Waals surface area contributed by atoms with Crippen molar-refractivity contribution in [2.75, 3.05) is 7.11 Å². The maximum Gasteiger partial charge on any atom is 0.305 e. The second-order valence-corrected chi connectivity index (χ2v) is 3.83. The molecule has 0 aliphatic rings. The van der Waals surface area contributed by atoms with Crippen molar-refractivity contribution in [3.8, 4) is 0 Å². The average molecular weight is 238 g/mol. The lowest BCUT2D eigenvalue weighted by molar-refractivity contribution is -0.141. The predicted molar refractivity (Wildman–Crippen MR) is 62.5 cm³/mol. The minimum absolute atomic E-state index is 0.0129. The molecule has 0 amide bonds. The largest absolute Gasteiger partial charge is 0.469 e. The zero-order chi connectivity index (χ0) is 12.7. The van der Waals surface area contributed by atoms with Crippen LogP contribution in [0.25, 0.3) is 0 Å². The standard InChI is InChI=1S/C12H18N2O3/c1-3-7-14-8-6-13-11(14)9-10(15)4-5-12(16)17-2/h6,8H,3-5,7,9H2,1-2H3. The van der Waals surface area contributed by atoms with Gasteiger partial charge in [-0.2, -0.15) is 0 Å². The van der Waals surface area contributed by atoms with Crippen LogP contribution in [-0.4, -0.2) is 28.4 Å². The SMILES string of the molecule is CCCn1ccnc1CC(=O)CCC(=O)OC. The Bertz CT molecular complexity index is 385. The van der Waals surface area contributed by atoms with Crippen molar-refractivity contribution in [1.82, 2.24) is 9.55 Å². The fraction of sp³-hybridized carbons (Fsp3) is 0.583. The van der Waals surface area contributed by atoms with E-state index < -0.39 is 0 Å². The van der Waals surface area contributed by atoms with Crippen LogP contribution >= 0.6 is 0 Å². The number of nitrogens with zero attached hydrogens (tertiary/aromatic N) is 2. The number of imidazole rings is 1. The first-order valence-corrected chi connectivity index (χ1v) is 5.76. The molecule has 0 unspecified atom stereocenters. The zero-order valence-corrected chi connectivity index (χ0v) is 10.3. The Labute approximate surface area is 101 Å². The van der Waals surface area contributed by atoms with Crippen molar-refractivity contribution in [3.63, 3.8) is 0 Å². The number of carbonyl (C=O) groups excluding carboxylic acids is 2. The Morgan fingerprint density at radius 2 is 2.18 bits per heavy atom. The summed E-state index contributed by atoms with van der Waals surface area (Å²) < 4.78 is 6.45. The fourth-order valence-electron chi connectivity index (χ4n) is 1.56. The van der Waals surface area contributed by atoms with Crippen LogP contribution < -0.4 is 0 Å². The highest BCUT2D eigenvalue weighted by atomic mass is 16.5. The van der Waals surface area contributed by atoms with Crippen molar-refractivity contribution < 1.29 is 14.3 Å². The van der Waals surface area contributed by atoms with Gasteiger partial charge in [0.1, 0.15) is 11.6 Å². The van der Waals surface area contributed by atoms with Crippen LogP contribution in [0.1, 0.15) is 32.0 Å². The molecule has 0 aliphatic heterocycles. The molecule has 0 spiro atoms. The topological polar surface area (TPSA) is 61.2 Å². The molecule has 1 rings (SSSR count). The molecule has 1 heterocycles. The van der Waals surface area contributed by atoms with Crippen LogP contribution in [0.4, 0.5) is 0 Å². The maximum absolute atomic E-state index is 11.6. The molecule has 94 valence electrons. The Morgan fingerprint density at radius 3 is 2.82 bits per heavy atom. The molecule has 0 saturated carbocycles. The molecule has 17 heavy (non-hydrogen) atoms. The number of methoxy groups -OCH3 is 1. The fourth-order valence-corrected chi connectivity index (χ4v) is 1.56. The van der Waals surface area contributed by atoms with Crippen LogP contribution in [0.3, 0.4) is 0 Å². The molecular weight excluding hydrogens is 220 g/mol. The molecule has 5 heteroatoms. The number of hydrogen-bond acceptors (Lipinski definition) is 4. The molecule has 0 atom stereocenters. The number of rotatable bonds is 7. The van der Waals surface area contributed by atoms with Crippen molar-refractivity contribution in [2.24, 2.45) is 0 Å². The number of hydrogen-bond donors (Lipinski definition) is 0. The summed E-state index contributed by atoms with van der Waals surface area (Å²) in [6.07, 6.45) is 5.20. The Hall–Kier alpha value is -1.65. The number of aromatic nitrogens is 2. The molecule has 0 radical (unpaired) electrons. The lowest BCUT2D eigenvalue weighted by Gasteiger charge is -2.05. The van der Waals surface area contributed by atoms with E-state index in [9.17, 15) is 9.59 Å². The molecule has 0 aliphatic carbocycles. The van der Waals surface area contributed by atoms with Crippen LogP contribution in [0.2, 0.25) is 0 Å². The van der Waals surface area contributed by atoms with Gasteiger partial charge in [0.2, 0.25) is 0 Å². The van der Waals surface area contributed by atoms with Crippen molar-refractivity contribution in [2.45, 2.75) is 39.2 Å². The van der Waals surface area contributed by atoms with Gasteiger partial charge in [0, 0.05) is 25.4 Å². The van der Waals surface area contributed by atoms with Crippen LogP contribution in [0.15, 0.2) is 12.4 Å².